The van der Waals surface area contributed by atoms with E-state index in [1.54, 1.807) is 0 Å². The van der Waals surface area contributed by atoms with Crippen molar-refractivity contribution in [1.82, 2.24) is 5.32 Å². The summed E-state index contributed by atoms with van der Waals surface area (Å²) >= 11 is 1.86. The fraction of sp³-hybridized carbons (Fsp3) is 0.562. The van der Waals surface area contributed by atoms with Crippen LogP contribution >= 0.6 is 11.8 Å². The van der Waals surface area contributed by atoms with E-state index < -0.39 is 0 Å². The number of thioether (sulfide) groups is 1. The number of hydrogen-bond acceptors (Lipinski definition) is 2. The maximum atomic E-state index is 4.73. The average molecular weight is 276 g/mol. The van der Waals surface area contributed by atoms with Crippen LogP contribution in [0, 0.1) is 5.41 Å². The van der Waals surface area contributed by atoms with E-state index in [1.807, 2.05) is 11.8 Å². The standard InChI is InChI=1S/C16H24N2S/c1-4-16(2,3)12-17-15-18-14(11-19-15)10-13-8-6-5-7-9-13/h5-9,14H,4,10-12H2,1-3H3,(H,17,18). The lowest BCUT2D eigenvalue weighted by Gasteiger charge is -2.19. The van der Waals surface area contributed by atoms with Gasteiger partial charge in [-0.05, 0) is 23.8 Å². The van der Waals surface area contributed by atoms with Crippen molar-refractivity contribution in [3.63, 3.8) is 0 Å². The Morgan fingerprint density at radius 2 is 2.05 bits per heavy atom. The van der Waals surface area contributed by atoms with Crippen molar-refractivity contribution < 1.29 is 0 Å². The second-order valence-electron chi connectivity index (χ2n) is 5.98. The Bertz CT molecular complexity index is 426. The lowest BCUT2D eigenvalue weighted by atomic mass is 9.91. The van der Waals surface area contributed by atoms with Gasteiger partial charge < -0.3 is 5.32 Å². The van der Waals surface area contributed by atoms with Gasteiger partial charge in [-0.15, -0.1) is 0 Å². The number of nitrogens with zero attached hydrogens (tertiary/aromatic N) is 1. The van der Waals surface area contributed by atoms with Crippen LogP contribution in [0.25, 0.3) is 0 Å². The highest BCUT2D eigenvalue weighted by atomic mass is 32.2. The third-order valence-electron chi connectivity index (χ3n) is 3.68. The van der Waals surface area contributed by atoms with Crippen molar-refractivity contribution in [2.45, 2.75) is 39.7 Å². The Hall–Kier alpha value is -0.960. The zero-order valence-electron chi connectivity index (χ0n) is 12.1. The number of amidine groups is 1. The topological polar surface area (TPSA) is 24.4 Å². The molecule has 1 heterocycles. The second-order valence-corrected chi connectivity index (χ2v) is 6.99. The highest BCUT2D eigenvalue weighted by Crippen LogP contribution is 2.22. The van der Waals surface area contributed by atoms with Crippen LogP contribution in [-0.4, -0.2) is 23.5 Å². The molecule has 1 N–H and O–H groups in total. The van der Waals surface area contributed by atoms with Crippen molar-refractivity contribution in [1.29, 1.82) is 0 Å². The number of hydrogen-bond donors (Lipinski definition) is 1. The molecule has 0 bridgehead atoms. The van der Waals surface area contributed by atoms with Gasteiger partial charge in [0, 0.05) is 18.3 Å². The molecular formula is C16H24N2S. The minimum absolute atomic E-state index is 0.312. The number of rotatable bonds is 5. The molecule has 2 nitrogen and oxygen atoms in total. The Morgan fingerprint density at radius 3 is 2.74 bits per heavy atom. The van der Waals surface area contributed by atoms with Crippen LogP contribution in [0.4, 0.5) is 0 Å². The van der Waals surface area contributed by atoms with Crippen molar-refractivity contribution >= 4 is 16.9 Å². The molecule has 1 fully saturated rings. The molecule has 1 aromatic rings. The van der Waals surface area contributed by atoms with E-state index in [9.17, 15) is 0 Å². The number of nitrogens with one attached hydrogen (secondary N) is 1. The van der Waals surface area contributed by atoms with Gasteiger partial charge in [0.1, 0.15) is 0 Å². The summed E-state index contributed by atoms with van der Waals surface area (Å²) in [4.78, 5) is 4.73. The van der Waals surface area contributed by atoms with Crippen LogP contribution in [0.2, 0.25) is 0 Å². The highest BCUT2D eigenvalue weighted by molar-refractivity contribution is 8.14. The molecule has 1 aliphatic heterocycles. The molecule has 0 aliphatic carbocycles. The minimum atomic E-state index is 0.312. The van der Waals surface area contributed by atoms with Crippen LogP contribution in [-0.2, 0) is 6.42 Å². The first-order valence-corrected chi connectivity index (χ1v) is 8.05. The quantitative estimate of drug-likeness (QED) is 0.886. The average Bonchev–Trinajstić information content (AvgIpc) is 2.86. The fourth-order valence-electron chi connectivity index (χ4n) is 1.93. The number of benzene rings is 1. The lowest BCUT2D eigenvalue weighted by molar-refractivity contribution is 0.366. The molecule has 19 heavy (non-hydrogen) atoms. The predicted molar refractivity (Wildman–Crippen MR) is 85.9 cm³/mol. The summed E-state index contributed by atoms with van der Waals surface area (Å²) in [6, 6.07) is 11.2. The van der Waals surface area contributed by atoms with Crippen molar-refractivity contribution in [3.05, 3.63) is 35.9 Å². The molecular weight excluding hydrogens is 252 g/mol. The van der Waals surface area contributed by atoms with E-state index >= 15 is 0 Å². The molecule has 1 aromatic carbocycles. The summed E-state index contributed by atoms with van der Waals surface area (Å²) in [7, 11) is 0. The Kier molecular flexibility index (Phi) is 4.92. The van der Waals surface area contributed by atoms with E-state index in [4.69, 9.17) is 4.99 Å². The molecule has 0 radical (unpaired) electrons. The second kappa shape index (κ2) is 6.47. The van der Waals surface area contributed by atoms with Gasteiger partial charge in [0.15, 0.2) is 5.17 Å². The first kappa shape index (κ1) is 14.4. The molecule has 0 aromatic heterocycles. The smallest absolute Gasteiger partial charge is 0.156 e. The van der Waals surface area contributed by atoms with Crippen LogP contribution in [0.1, 0.15) is 32.8 Å². The summed E-state index contributed by atoms with van der Waals surface area (Å²) in [5.41, 5.74) is 1.71. The van der Waals surface area contributed by atoms with Crippen LogP contribution in [0.15, 0.2) is 35.3 Å². The minimum Gasteiger partial charge on any atom is -0.361 e. The first-order valence-electron chi connectivity index (χ1n) is 7.07. The van der Waals surface area contributed by atoms with Gasteiger partial charge in [-0.1, -0.05) is 62.9 Å². The van der Waals surface area contributed by atoms with E-state index in [0.717, 1.165) is 23.9 Å². The third-order valence-corrected chi connectivity index (χ3v) is 4.77. The summed E-state index contributed by atoms with van der Waals surface area (Å²) in [5, 5.41) is 4.68. The maximum absolute atomic E-state index is 4.73. The maximum Gasteiger partial charge on any atom is 0.156 e. The molecule has 1 saturated heterocycles. The monoisotopic (exact) mass is 276 g/mol. The number of aliphatic imine (C=N–C) groups is 1. The van der Waals surface area contributed by atoms with Crippen LogP contribution < -0.4 is 5.32 Å². The van der Waals surface area contributed by atoms with Gasteiger partial charge in [0.2, 0.25) is 0 Å². The van der Waals surface area contributed by atoms with E-state index in [1.165, 1.54) is 12.0 Å². The molecule has 0 saturated carbocycles. The Morgan fingerprint density at radius 1 is 1.32 bits per heavy atom. The van der Waals surface area contributed by atoms with Gasteiger partial charge in [-0.25, -0.2) is 0 Å². The van der Waals surface area contributed by atoms with Crippen LogP contribution in [0.5, 0.6) is 0 Å². The van der Waals surface area contributed by atoms with Gasteiger partial charge >= 0.3 is 0 Å². The molecule has 0 amide bonds. The Balaban J connectivity index is 1.85. The largest absolute Gasteiger partial charge is 0.361 e. The van der Waals surface area contributed by atoms with E-state index in [2.05, 4.69) is 56.4 Å². The first-order chi connectivity index (χ1) is 9.09. The molecule has 1 aliphatic rings. The van der Waals surface area contributed by atoms with Crippen molar-refractivity contribution in [2.75, 3.05) is 12.3 Å². The third kappa shape index (κ3) is 4.57. The molecule has 1 atom stereocenters. The van der Waals surface area contributed by atoms with Gasteiger partial charge in [-0.2, -0.15) is 0 Å². The summed E-state index contributed by atoms with van der Waals surface area (Å²) < 4.78 is 0. The van der Waals surface area contributed by atoms with E-state index in [0.29, 0.717) is 11.5 Å². The van der Waals surface area contributed by atoms with Crippen molar-refractivity contribution in [3.8, 4) is 0 Å². The van der Waals surface area contributed by atoms with Gasteiger partial charge in [0.25, 0.3) is 0 Å². The summed E-state index contributed by atoms with van der Waals surface area (Å²) in [6.45, 7) is 7.70. The lowest BCUT2D eigenvalue weighted by Crippen LogP contribution is -2.29. The van der Waals surface area contributed by atoms with Gasteiger partial charge in [-0.3, -0.25) is 4.99 Å². The fourth-order valence-corrected chi connectivity index (χ4v) is 2.90. The van der Waals surface area contributed by atoms with E-state index in [-0.39, 0.29) is 0 Å². The molecule has 2 rings (SSSR count). The van der Waals surface area contributed by atoms with Gasteiger partial charge in [0.05, 0.1) is 0 Å². The molecule has 104 valence electrons. The highest BCUT2D eigenvalue weighted by Gasteiger charge is 2.21. The zero-order valence-corrected chi connectivity index (χ0v) is 13.0. The summed E-state index contributed by atoms with van der Waals surface area (Å²) in [6.07, 6.45) is 2.26. The Labute approximate surface area is 121 Å². The molecule has 3 heteroatoms. The zero-order chi connectivity index (χ0) is 13.7. The van der Waals surface area contributed by atoms with Crippen LogP contribution in [0.3, 0.4) is 0 Å². The SMILES string of the molecule is CCC(C)(C)CN=C1NC(Cc2ccccc2)CS1. The molecule has 0 spiro atoms. The normalized spacial score (nSPS) is 21.6. The van der Waals surface area contributed by atoms with Crippen molar-refractivity contribution in [2.24, 2.45) is 10.4 Å². The predicted octanol–water partition coefficient (Wildman–Crippen LogP) is 3.73. The summed E-state index contributed by atoms with van der Waals surface area (Å²) in [5.74, 6) is 1.13. The molecule has 1 unspecified atom stereocenters.